The summed E-state index contributed by atoms with van der Waals surface area (Å²) in [4.78, 5) is 8.10. The fourth-order valence-electron chi connectivity index (χ4n) is 1.75. The van der Waals surface area contributed by atoms with Crippen molar-refractivity contribution in [3.63, 3.8) is 0 Å². The minimum atomic E-state index is 0. The number of aromatic nitrogens is 1. The van der Waals surface area contributed by atoms with Crippen LogP contribution < -0.4 is 9.62 Å². The van der Waals surface area contributed by atoms with Gasteiger partial charge in [0.15, 0.2) is 0 Å². The largest absolute Gasteiger partial charge is 0.433 e. The van der Waals surface area contributed by atoms with Gasteiger partial charge in [0.2, 0.25) is 0 Å². The van der Waals surface area contributed by atoms with E-state index in [0.29, 0.717) is 6.01 Å². The minimum absolute atomic E-state index is 0. The molecule has 4 nitrogen and oxygen atoms in total. The van der Waals surface area contributed by atoms with Gasteiger partial charge in [0, 0.05) is 25.8 Å². The number of anilines is 3. The Labute approximate surface area is 108 Å². The van der Waals surface area contributed by atoms with Crippen molar-refractivity contribution in [3.05, 3.63) is 36.7 Å². The number of rotatable bonds is 1. The van der Waals surface area contributed by atoms with Crippen molar-refractivity contribution >= 4 is 24.9 Å². The number of hydrogen-bond donors (Lipinski definition) is 0. The van der Waals surface area contributed by atoms with Crippen LogP contribution in [0.2, 0.25) is 0 Å². The summed E-state index contributed by atoms with van der Waals surface area (Å²) >= 11 is 0. The van der Waals surface area contributed by atoms with Gasteiger partial charge in [0.05, 0.1) is 11.9 Å². The molecule has 0 saturated heterocycles. The molecule has 0 saturated carbocycles. The molecule has 2 radical (unpaired) electrons. The summed E-state index contributed by atoms with van der Waals surface area (Å²) in [5.74, 6) is 0. The average molecular weight is 390 g/mol. The third kappa shape index (κ3) is 1.64. The van der Waals surface area contributed by atoms with E-state index in [2.05, 4.69) is 11.1 Å². The molecule has 82 valence electrons. The predicted molar refractivity (Wildman–Crippen MR) is 59.2 cm³/mol. The van der Waals surface area contributed by atoms with Crippen molar-refractivity contribution in [1.82, 2.24) is 4.98 Å². The topological polar surface area (TPSA) is 32.5 Å². The molecule has 1 aromatic carbocycles. The van der Waals surface area contributed by atoms with Crippen LogP contribution in [0.15, 0.2) is 41.1 Å². The van der Waals surface area contributed by atoms with Gasteiger partial charge in [-0.15, -0.1) is 0 Å². The van der Waals surface area contributed by atoms with Gasteiger partial charge in [-0.3, -0.25) is 0 Å². The van der Waals surface area contributed by atoms with Crippen LogP contribution in [-0.4, -0.2) is 19.6 Å². The summed E-state index contributed by atoms with van der Waals surface area (Å²) in [5, 5.41) is 0. The smallest absolute Gasteiger partial charge is 0.400 e. The van der Waals surface area contributed by atoms with E-state index in [0.717, 1.165) is 11.4 Å². The van der Waals surface area contributed by atoms with E-state index in [9.17, 15) is 0 Å². The van der Waals surface area contributed by atoms with Gasteiger partial charge in [-0.1, -0.05) is 12.1 Å². The molecule has 0 fully saturated rings. The van der Waals surface area contributed by atoms with Crippen LogP contribution in [0.1, 0.15) is 0 Å². The number of benzene rings is 1. The molecule has 2 aromatic rings. The van der Waals surface area contributed by atoms with Crippen molar-refractivity contribution in [2.24, 2.45) is 0 Å². The Hall–Kier alpha value is -1.26. The summed E-state index contributed by atoms with van der Waals surface area (Å²) in [6.45, 7) is 0. The molecule has 0 amide bonds. The molecule has 0 aliphatic carbocycles. The van der Waals surface area contributed by atoms with Gasteiger partial charge in [-0.25, -0.2) is 4.98 Å². The minimum Gasteiger partial charge on any atom is -0.433 e. The number of nitrogens with zero attached hydrogens (tertiary/aromatic N) is 3. The third-order valence-corrected chi connectivity index (χ3v) is 2.44. The van der Waals surface area contributed by atoms with Crippen LogP contribution in [0.4, 0.5) is 17.4 Å². The standard InChI is InChI=1S/C10H9BN3O.Ir/c1-13-8-4-2-3-5-9(8)14(11-13)10-12-6-7-15-10;/h2-7H,1H3;. The second-order valence-corrected chi connectivity index (χ2v) is 3.40. The summed E-state index contributed by atoms with van der Waals surface area (Å²) in [6, 6.07) is 8.71. The quantitative estimate of drug-likeness (QED) is 0.696. The van der Waals surface area contributed by atoms with E-state index in [1.807, 2.05) is 42.4 Å². The molecule has 1 aromatic heterocycles. The zero-order valence-corrected chi connectivity index (χ0v) is 11.0. The van der Waals surface area contributed by atoms with Gasteiger partial charge < -0.3 is 14.0 Å². The first-order valence-electron chi connectivity index (χ1n) is 4.72. The Morgan fingerprint density at radius 3 is 2.69 bits per heavy atom. The van der Waals surface area contributed by atoms with E-state index in [1.165, 1.54) is 0 Å². The molecule has 0 N–H and O–H groups in total. The number of para-hydroxylation sites is 2. The molecule has 16 heavy (non-hydrogen) atoms. The fourth-order valence-corrected chi connectivity index (χ4v) is 1.75. The van der Waals surface area contributed by atoms with E-state index in [1.54, 1.807) is 12.5 Å². The van der Waals surface area contributed by atoms with Crippen LogP contribution in [-0.2, 0) is 20.1 Å². The maximum atomic E-state index is 5.28. The molecule has 0 bridgehead atoms. The zero-order chi connectivity index (χ0) is 10.3. The van der Waals surface area contributed by atoms with Crippen molar-refractivity contribution < 1.29 is 24.5 Å². The van der Waals surface area contributed by atoms with Crippen molar-refractivity contribution in [1.29, 1.82) is 0 Å². The Kier molecular flexibility index (Phi) is 3.03. The molecule has 0 atom stereocenters. The van der Waals surface area contributed by atoms with Crippen molar-refractivity contribution in [3.8, 4) is 0 Å². The molecule has 0 unspecified atom stereocenters. The van der Waals surface area contributed by atoms with Crippen LogP contribution >= 0.6 is 0 Å². The SMILES string of the molecule is CN1[B]N(c2ncco2)c2ccccc21.[Ir]. The molecule has 1 aliphatic heterocycles. The van der Waals surface area contributed by atoms with Crippen LogP contribution in [0.5, 0.6) is 0 Å². The first-order valence-corrected chi connectivity index (χ1v) is 4.72. The number of oxazole rings is 1. The number of hydrogen-bond acceptors (Lipinski definition) is 4. The van der Waals surface area contributed by atoms with E-state index in [-0.39, 0.29) is 20.1 Å². The van der Waals surface area contributed by atoms with Gasteiger partial charge in [0.25, 0.3) is 6.01 Å². The molecular formula is C10H9BIrN3O. The van der Waals surface area contributed by atoms with Crippen LogP contribution in [0.25, 0.3) is 0 Å². The Bertz CT molecular complexity index is 477. The Morgan fingerprint density at radius 2 is 2.00 bits per heavy atom. The van der Waals surface area contributed by atoms with E-state index < -0.39 is 0 Å². The zero-order valence-electron chi connectivity index (χ0n) is 8.62. The van der Waals surface area contributed by atoms with Gasteiger partial charge in [-0.2, -0.15) is 0 Å². The van der Waals surface area contributed by atoms with E-state index in [4.69, 9.17) is 4.42 Å². The molecule has 1 aliphatic rings. The average Bonchev–Trinajstić information content (AvgIpc) is 2.87. The van der Waals surface area contributed by atoms with Crippen molar-refractivity contribution in [2.45, 2.75) is 0 Å². The molecule has 2 heterocycles. The second-order valence-electron chi connectivity index (χ2n) is 3.40. The predicted octanol–water partition coefficient (Wildman–Crippen LogP) is 1.79. The first-order chi connectivity index (χ1) is 7.36. The molecule has 0 spiro atoms. The van der Waals surface area contributed by atoms with Gasteiger partial charge in [0.1, 0.15) is 6.26 Å². The Balaban J connectivity index is 0.000000963. The molecule has 3 rings (SSSR count). The molecule has 6 heteroatoms. The van der Waals surface area contributed by atoms with Crippen molar-refractivity contribution in [2.75, 3.05) is 16.7 Å². The maximum absolute atomic E-state index is 5.28. The summed E-state index contributed by atoms with van der Waals surface area (Å²) in [7, 11) is 3.96. The van der Waals surface area contributed by atoms with E-state index >= 15 is 0 Å². The second kappa shape index (κ2) is 4.32. The fraction of sp³-hybridized carbons (Fsp3) is 0.100. The molecular weight excluding hydrogens is 381 g/mol. The normalized spacial score (nSPS) is 13.1. The van der Waals surface area contributed by atoms with Crippen LogP contribution in [0, 0.1) is 0 Å². The first kappa shape index (κ1) is 11.2. The monoisotopic (exact) mass is 391 g/mol. The Morgan fingerprint density at radius 1 is 1.25 bits per heavy atom. The number of fused-ring (bicyclic) bond motifs is 1. The van der Waals surface area contributed by atoms with Gasteiger partial charge in [-0.05, 0) is 19.2 Å². The summed E-state index contributed by atoms with van der Waals surface area (Å²) in [6.07, 6.45) is 3.22. The van der Waals surface area contributed by atoms with Crippen LogP contribution in [0.3, 0.4) is 0 Å². The maximum Gasteiger partial charge on any atom is 0.400 e. The summed E-state index contributed by atoms with van der Waals surface area (Å²) < 4.78 is 5.28. The third-order valence-electron chi connectivity index (χ3n) is 2.44. The van der Waals surface area contributed by atoms with Gasteiger partial charge >= 0.3 is 7.55 Å². The summed E-state index contributed by atoms with van der Waals surface area (Å²) in [5.41, 5.74) is 2.23.